The van der Waals surface area contributed by atoms with E-state index in [2.05, 4.69) is 35.6 Å². The summed E-state index contributed by atoms with van der Waals surface area (Å²) in [6, 6.07) is 8.30. The summed E-state index contributed by atoms with van der Waals surface area (Å²) in [6.07, 6.45) is 1.01. The number of nitrogens with zero attached hydrogens (tertiary/aromatic N) is 1. The zero-order valence-electron chi connectivity index (χ0n) is 11.4. The second-order valence-corrected chi connectivity index (χ2v) is 5.01. The second-order valence-electron chi connectivity index (χ2n) is 4.29. The summed E-state index contributed by atoms with van der Waals surface area (Å²) in [5, 5.41) is 5.57. The first-order chi connectivity index (χ1) is 9.36. The molecule has 0 amide bonds. The summed E-state index contributed by atoms with van der Waals surface area (Å²) in [5.41, 5.74) is 4.08. The Labute approximate surface area is 118 Å². The Hall–Kier alpha value is -1.39. The minimum atomic E-state index is 0.101. The second kappa shape index (κ2) is 7.26. The van der Waals surface area contributed by atoms with Gasteiger partial charge in [0.15, 0.2) is 0 Å². The lowest BCUT2D eigenvalue weighted by Gasteiger charge is -2.19. The third-order valence-electron chi connectivity index (χ3n) is 2.85. The van der Waals surface area contributed by atoms with Crippen LogP contribution in [0.15, 0.2) is 35.2 Å². The van der Waals surface area contributed by atoms with Crippen LogP contribution in [-0.4, -0.2) is 18.1 Å². The van der Waals surface area contributed by atoms with E-state index in [-0.39, 0.29) is 6.04 Å². The van der Waals surface area contributed by atoms with Crippen molar-refractivity contribution in [3.63, 3.8) is 0 Å². The number of rotatable bonds is 7. The molecular weight excluding hydrogens is 256 g/mol. The molecule has 0 aliphatic heterocycles. The van der Waals surface area contributed by atoms with E-state index in [0.717, 1.165) is 36.6 Å². The minimum Gasteiger partial charge on any atom is -0.493 e. The Morgan fingerprint density at radius 2 is 2.16 bits per heavy atom. The van der Waals surface area contributed by atoms with E-state index in [1.165, 1.54) is 0 Å². The molecule has 0 radical (unpaired) electrons. The quantitative estimate of drug-likeness (QED) is 0.838. The van der Waals surface area contributed by atoms with Crippen LogP contribution >= 0.6 is 11.3 Å². The van der Waals surface area contributed by atoms with Gasteiger partial charge in [-0.2, -0.15) is 0 Å². The molecule has 0 saturated heterocycles. The van der Waals surface area contributed by atoms with Crippen LogP contribution in [0.4, 0.5) is 0 Å². The number of para-hydroxylation sites is 1. The molecule has 1 atom stereocenters. The predicted molar refractivity (Wildman–Crippen MR) is 79.9 cm³/mol. The van der Waals surface area contributed by atoms with Gasteiger partial charge in [0, 0.05) is 10.9 Å². The van der Waals surface area contributed by atoms with Crippen LogP contribution in [0.25, 0.3) is 0 Å². The molecule has 0 aliphatic rings. The lowest BCUT2D eigenvalue weighted by molar-refractivity contribution is 0.311. The molecule has 3 nitrogen and oxygen atoms in total. The summed E-state index contributed by atoms with van der Waals surface area (Å²) < 4.78 is 5.85. The van der Waals surface area contributed by atoms with Gasteiger partial charge in [0.05, 0.1) is 23.9 Å². The lowest BCUT2D eigenvalue weighted by Crippen LogP contribution is -2.23. The van der Waals surface area contributed by atoms with Crippen LogP contribution < -0.4 is 10.1 Å². The van der Waals surface area contributed by atoms with Crippen molar-refractivity contribution >= 4 is 11.3 Å². The Balaban J connectivity index is 2.30. The number of hydrogen-bond donors (Lipinski definition) is 1. The van der Waals surface area contributed by atoms with E-state index >= 15 is 0 Å². The molecule has 4 heteroatoms. The van der Waals surface area contributed by atoms with Gasteiger partial charge >= 0.3 is 0 Å². The van der Waals surface area contributed by atoms with Crippen molar-refractivity contribution in [3.05, 3.63) is 46.4 Å². The third-order valence-corrected chi connectivity index (χ3v) is 3.45. The average molecular weight is 276 g/mol. The number of thiazole rings is 1. The van der Waals surface area contributed by atoms with Gasteiger partial charge in [0.25, 0.3) is 0 Å². The highest BCUT2D eigenvalue weighted by Gasteiger charge is 2.18. The van der Waals surface area contributed by atoms with Crippen molar-refractivity contribution in [2.45, 2.75) is 26.3 Å². The van der Waals surface area contributed by atoms with Gasteiger partial charge in [-0.15, -0.1) is 11.3 Å². The maximum absolute atomic E-state index is 5.85. The van der Waals surface area contributed by atoms with Gasteiger partial charge < -0.3 is 10.1 Å². The molecule has 1 aromatic carbocycles. The fourth-order valence-corrected chi connectivity index (χ4v) is 2.58. The summed E-state index contributed by atoms with van der Waals surface area (Å²) in [7, 11) is 0. The molecule has 1 aromatic heterocycles. The molecule has 102 valence electrons. The highest BCUT2D eigenvalue weighted by atomic mass is 32.1. The fraction of sp³-hybridized carbons (Fsp3) is 0.400. The highest BCUT2D eigenvalue weighted by Crippen LogP contribution is 2.29. The largest absolute Gasteiger partial charge is 0.493 e. The number of aromatic nitrogens is 1. The number of hydrogen-bond acceptors (Lipinski definition) is 4. The first-order valence-electron chi connectivity index (χ1n) is 6.70. The van der Waals surface area contributed by atoms with Crippen LogP contribution in [0.1, 0.15) is 37.6 Å². The standard InChI is InChI=1S/C15H20N2OS/c1-3-9-18-14-8-6-5-7-12(14)15(16-4-2)13-10-19-11-17-13/h5-8,10-11,15-16H,3-4,9H2,1-2H3. The summed E-state index contributed by atoms with van der Waals surface area (Å²) in [4.78, 5) is 4.43. The normalized spacial score (nSPS) is 12.3. The average Bonchev–Trinajstić information content (AvgIpc) is 2.97. The third kappa shape index (κ3) is 3.55. The van der Waals surface area contributed by atoms with E-state index in [9.17, 15) is 0 Å². The van der Waals surface area contributed by atoms with E-state index in [1.54, 1.807) is 11.3 Å². The molecule has 2 aromatic rings. The maximum atomic E-state index is 5.85. The molecule has 0 fully saturated rings. The Kier molecular flexibility index (Phi) is 5.36. The molecule has 0 saturated carbocycles. The molecule has 0 bridgehead atoms. The fourth-order valence-electron chi connectivity index (χ4n) is 2.00. The van der Waals surface area contributed by atoms with Gasteiger partial charge in [-0.3, -0.25) is 0 Å². The Bertz CT molecular complexity index is 485. The summed E-state index contributed by atoms with van der Waals surface area (Å²) in [6.45, 7) is 5.86. The maximum Gasteiger partial charge on any atom is 0.124 e. The number of nitrogens with one attached hydrogen (secondary N) is 1. The van der Waals surface area contributed by atoms with Gasteiger partial charge in [-0.1, -0.05) is 32.0 Å². The molecule has 1 heterocycles. The van der Waals surface area contributed by atoms with Gasteiger partial charge in [0.2, 0.25) is 0 Å². The number of benzene rings is 1. The molecule has 2 rings (SSSR count). The SMILES string of the molecule is CCCOc1ccccc1C(NCC)c1cscn1. The summed E-state index contributed by atoms with van der Waals surface area (Å²) >= 11 is 1.62. The topological polar surface area (TPSA) is 34.1 Å². The van der Waals surface area contributed by atoms with Crippen molar-refractivity contribution in [1.82, 2.24) is 10.3 Å². The number of ether oxygens (including phenoxy) is 1. The van der Waals surface area contributed by atoms with Crippen molar-refractivity contribution in [2.75, 3.05) is 13.2 Å². The van der Waals surface area contributed by atoms with E-state index < -0.39 is 0 Å². The van der Waals surface area contributed by atoms with Crippen LogP contribution in [0.5, 0.6) is 5.75 Å². The van der Waals surface area contributed by atoms with E-state index in [0.29, 0.717) is 0 Å². The lowest BCUT2D eigenvalue weighted by atomic mass is 10.0. The molecule has 0 aliphatic carbocycles. The first kappa shape index (κ1) is 14.0. The molecule has 0 spiro atoms. The van der Waals surface area contributed by atoms with Crippen LogP contribution in [0, 0.1) is 0 Å². The van der Waals surface area contributed by atoms with Crippen LogP contribution in [-0.2, 0) is 0 Å². The Morgan fingerprint density at radius 3 is 2.84 bits per heavy atom. The van der Waals surface area contributed by atoms with E-state index in [4.69, 9.17) is 4.74 Å². The van der Waals surface area contributed by atoms with Crippen molar-refractivity contribution in [1.29, 1.82) is 0 Å². The van der Waals surface area contributed by atoms with Crippen LogP contribution in [0.2, 0.25) is 0 Å². The molecular formula is C15H20N2OS. The highest BCUT2D eigenvalue weighted by molar-refractivity contribution is 7.07. The van der Waals surface area contributed by atoms with Gasteiger partial charge in [-0.05, 0) is 19.0 Å². The zero-order chi connectivity index (χ0) is 13.5. The van der Waals surface area contributed by atoms with Crippen molar-refractivity contribution in [3.8, 4) is 5.75 Å². The first-order valence-corrected chi connectivity index (χ1v) is 7.64. The zero-order valence-corrected chi connectivity index (χ0v) is 12.2. The van der Waals surface area contributed by atoms with Crippen molar-refractivity contribution < 1.29 is 4.74 Å². The Morgan fingerprint density at radius 1 is 1.32 bits per heavy atom. The van der Waals surface area contributed by atoms with E-state index in [1.807, 2.05) is 23.7 Å². The smallest absolute Gasteiger partial charge is 0.124 e. The van der Waals surface area contributed by atoms with Crippen molar-refractivity contribution in [2.24, 2.45) is 0 Å². The summed E-state index contributed by atoms with van der Waals surface area (Å²) in [5.74, 6) is 0.948. The van der Waals surface area contributed by atoms with Gasteiger partial charge in [-0.25, -0.2) is 4.98 Å². The van der Waals surface area contributed by atoms with Gasteiger partial charge in [0.1, 0.15) is 5.75 Å². The van der Waals surface area contributed by atoms with Crippen LogP contribution in [0.3, 0.4) is 0 Å². The molecule has 1 N–H and O–H groups in total. The predicted octanol–water partition coefficient (Wildman–Crippen LogP) is 3.63. The monoisotopic (exact) mass is 276 g/mol. The minimum absolute atomic E-state index is 0.101. The molecule has 19 heavy (non-hydrogen) atoms. The molecule has 1 unspecified atom stereocenters.